The molecular formula is C16H24Si2. The van der Waals surface area contributed by atoms with Gasteiger partial charge in [-0.25, -0.2) is 0 Å². The Bertz CT molecular complexity index is 488. The Morgan fingerprint density at radius 3 is 2.11 bits per heavy atom. The zero-order chi connectivity index (χ0) is 13.8. The van der Waals surface area contributed by atoms with Crippen LogP contribution >= 0.6 is 0 Å². The molecule has 0 saturated heterocycles. The van der Waals surface area contributed by atoms with Crippen molar-refractivity contribution in [1.29, 1.82) is 0 Å². The Hall–Kier alpha value is -1.05. The lowest BCUT2D eigenvalue weighted by molar-refractivity contribution is 1.60. The van der Waals surface area contributed by atoms with Crippen molar-refractivity contribution in [3.8, 4) is 11.5 Å². The lowest BCUT2D eigenvalue weighted by Gasteiger charge is -2.09. The van der Waals surface area contributed by atoms with E-state index in [1.54, 1.807) is 0 Å². The molecule has 0 fully saturated rings. The summed E-state index contributed by atoms with van der Waals surface area (Å²) in [6, 6.07) is 8.44. The van der Waals surface area contributed by atoms with Gasteiger partial charge in [-0.3, -0.25) is 0 Å². The second kappa shape index (κ2) is 5.73. The molecule has 0 radical (unpaired) electrons. The molecule has 0 aliphatic rings. The van der Waals surface area contributed by atoms with Crippen LogP contribution in [0.1, 0.15) is 11.1 Å². The molecular weight excluding hydrogens is 248 g/mol. The van der Waals surface area contributed by atoms with E-state index in [0.717, 1.165) is 5.56 Å². The van der Waals surface area contributed by atoms with Crippen molar-refractivity contribution in [2.45, 2.75) is 39.3 Å². The fourth-order valence-electron chi connectivity index (χ4n) is 1.35. The highest BCUT2D eigenvalue weighted by atomic mass is 28.3. The van der Waals surface area contributed by atoms with E-state index in [9.17, 15) is 0 Å². The van der Waals surface area contributed by atoms with Crippen LogP contribution in [0.5, 0.6) is 0 Å². The van der Waals surface area contributed by atoms with Gasteiger partial charge in [0.1, 0.15) is 8.07 Å². The third-order valence-electron chi connectivity index (χ3n) is 2.30. The second-order valence-corrected chi connectivity index (χ2v) is 16.6. The van der Waals surface area contributed by atoms with Crippen LogP contribution in [0.3, 0.4) is 0 Å². The van der Waals surface area contributed by atoms with Crippen LogP contribution < -0.4 is 0 Å². The maximum Gasteiger partial charge on any atom is 0.129 e. The van der Waals surface area contributed by atoms with Crippen molar-refractivity contribution in [1.82, 2.24) is 0 Å². The average Bonchev–Trinajstić information content (AvgIpc) is 2.22. The Balaban J connectivity index is 3.07. The van der Waals surface area contributed by atoms with E-state index >= 15 is 0 Å². The monoisotopic (exact) mass is 272 g/mol. The normalized spacial score (nSPS) is 12.3. The number of rotatable bonds is 2. The molecule has 18 heavy (non-hydrogen) atoms. The minimum atomic E-state index is -1.30. The number of hydrogen-bond donors (Lipinski definition) is 0. The van der Waals surface area contributed by atoms with E-state index in [0.29, 0.717) is 0 Å². The lowest BCUT2D eigenvalue weighted by atomic mass is 10.1. The van der Waals surface area contributed by atoms with Gasteiger partial charge in [0, 0.05) is 5.56 Å². The first-order chi connectivity index (χ1) is 8.17. The summed E-state index contributed by atoms with van der Waals surface area (Å²) >= 11 is 0. The molecule has 0 saturated carbocycles. The zero-order valence-electron chi connectivity index (χ0n) is 12.5. The highest BCUT2D eigenvalue weighted by molar-refractivity contribution is 6.84. The van der Waals surface area contributed by atoms with Crippen molar-refractivity contribution >= 4 is 22.2 Å². The topological polar surface area (TPSA) is 0 Å². The smallest absolute Gasteiger partial charge is 0.127 e. The molecule has 0 unspecified atom stereocenters. The molecule has 1 rings (SSSR count). The Morgan fingerprint density at radius 2 is 1.56 bits per heavy atom. The molecule has 0 aromatic heterocycles. The summed E-state index contributed by atoms with van der Waals surface area (Å²) in [6.45, 7) is 13.9. The van der Waals surface area contributed by atoms with Gasteiger partial charge in [0.2, 0.25) is 0 Å². The standard InChI is InChI=1S/C16H24Si2/c1-17(2,3)13-11-15-9-7-8-10-16(15)12-14-18(4,5)6/h7-11,13H,1-6H3/b13-11+. The summed E-state index contributed by atoms with van der Waals surface area (Å²) in [5.74, 6) is 3.37. The predicted molar refractivity (Wildman–Crippen MR) is 89.0 cm³/mol. The molecule has 0 heterocycles. The Labute approximate surface area is 114 Å². The van der Waals surface area contributed by atoms with Gasteiger partial charge in [0.25, 0.3) is 0 Å². The molecule has 2 heteroatoms. The van der Waals surface area contributed by atoms with E-state index in [-0.39, 0.29) is 0 Å². The summed E-state index contributed by atoms with van der Waals surface area (Å²) in [4.78, 5) is 0. The largest absolute Gasteiger partial charge is 0.129 e. The van der Waals surface area contributed by atoms with Crippen molar-refractivity contribution in [2.24, 2.45) is 0 Å². The quantitative estimate of drug-likeness (QED) is 0.535. The highest BCUT2D eigenvalue weighted by Gasteiger charge is 2.09. The van der Waals surface area contributed by atoms with Gasteiger partial charge in [-0.2, -0.15) is 0 Å². The van der Waals surface area contributed by atoms with Crippen LogP contribution in [0, 0.1) is 11.5 Å². The van der Waals surface area contributed by atoms with Crippen LogP contribution in [-0.4, -0.2) is 16.1 Å². The third kappa shape index (κ3) is 6.04. The van der Waals surface area contributed by atoms with Crippen LogP contribution in [-0.2, 0) is 0 Å². The van der Waals surface area contributed by atoms with Crippen LogP contribution in [0.2, 0.25) is 39.3 Å². The van der Waals surface area contributed by atoms with Crippen molar-refractivity contribution in [3.05, 3.63) is 41.1 Å². The van der Waals surface area contributed by atoms with Gasteiger partial charge in [-0.1, -0.05) is 75.2 Å². The van der Waals surface area contributed by atoms with E-state index in [2.05, 4.69) is 86.8 Å². The number of hydrogen-bond acceptors (Lipinski definition) is 0. The Morgan fingerprint density at radius 1 is 0.944 bits per heavy atom. The van der Waals surface area contributed by atoms with Crippen LogP contribution in [0.25, 0.3) is 6.08 Å². The van der Waals surface area contributed by atoms with E-state index < -0.39 is 16.1 Å². The van der Waals surface area contributed by atoms with E-state index in [1.807, 2.05) is 0 Å². The molecule has 0 atom stereocenters. The SMILES string of the molecule is C[Si](C)(C)C#Cc1ccccc1/C=C/[Si](C)(C)C. The molecule has 96 valence electrons. The second-order valence-electron chi connectivity index (χ2n) is 6.79. The fraction of sp³-hybridized carbons (Fsp3) is 0.375. The Kier molecular flexibility index (Phi) is 4.78. The van der Waals surface area contributed by atoms with Crippen molar-refractivity contribution < 1.29 is 0 Å². The first-order valence-electron chi connectivity index (χ1n) is 6.49. The summed E-state index contributed by atoms with van der Waals surface area (Å²) < 4.78 is 0. The molecule has 0 aliphatic carbocycles. The predicted octanol–water partition coefficient (Wildman–Crippen LogP) is 4.81. The van der Waals surface area contributed by atoms with Crippen LogP contribution in [0.4, 0.5) is 0 Å². The first kappa shape index (κ1) is 15.0. The number of benzene rings is 1. The molecule has 0 spiro atoms. The molecule has 0 N–H and O–H groups in total. The van der Waals surface area contributed by atoms with Crippen molar-refractivity contribution in [3.63, 3.8) is 0 Å². The van der Waals surface area contributed by atoms with E-state index in [4.69, 9.17) is 0 Å². The summed E-state index contributed by atoms with van der Waals surface area (Å²) in [6.07, 6.45) is 2.25. The molecule has 0 amide bonds. The summed E-state index contributed by atoms with van der Waals surface area (Å²) in [7, 11) is -2.44. The van der Waals surface area contributed by atoms with Crippen LogP contribution in [0.15, 0.2) is 30.0 Å². The molecule has 0 bridgehead atoms. The minimum absolute atomic E-state index is 1.14. The lowest BCUT2D eigenvalue weighted by Crippen LogP contribution is -2.16. The van der Waals surface area contributed by atoms with Gasteiger partial charge in [0.05, 0.1) is 8.07 Å². The fourth-order valence-corrected chi connectivity index (χ4v) is 2.54. The van der Waals surface area contributed by atoms with E-state index in [1.165, 1.54) is 5.56 Å². The summed E-state index contributed by atoms with van der Waals surface area (Å²) in [5, 5.41) is 0. The average molecular weight is 273 g/mol. The van der Waals surface area contributed by atoms with Gasteiger partial charge in [-0.15, -0.1) is 5.54 Å². The molecule has 0 aliphatic heterocycles. The third-order valence-corrected chi connectivity index (χ3v) is 4.34. The maximum absolute atomic E-state index is 3.44. The zero-order valence-corrected chi connectivity index (χ0v) is 14.5. The first-order valence-corrected chi connectivity index (χ1v) is 13.6. The van der Waals surface area contributed by atoms with Gasteiger partial charge >= 0.3 is 0 Å². The minimum Gasteiger partial charge on any atom is -0.127 e. The summed E-state index contributed by atoms with van der Waals surface area (Å²) in [5.41, 5.74) is 8.24. The molecule has 0 nitrogen and oxygen atoms in total. The molecule has 1 aromatic carbocycles. The van der Waals surface area contributed by atoms with Gasteiger partial charge in [-0.05, 0) is 11.6 Å². The maximum atomic E-state index is 3.44. The molecule has 1 aromatic rings. The van der Waals surface area contributed by atoms with Gasteiger partial charge in [0.15, 0.2) is 0 Å². The van der Waals surface area contributed by atoms with Crippen molar-refractivity contribution in [2.75, 3.05) is 0 Å². The highest BCUT2D eigenvalue weighted by Crippen LogP contribution is 2.13. The van der Waals surface area contributed by atoms with Gasteiger partial charge < -0.3 is 0 Å².